The van der Waals surface area contributed by atoms with Gasteiger partial charge in [0, 0.05) is 12.3 Å². The molecular formula is C16H23NO2. The van der Waals surface area contributed by atoms with Gasteiger partial charge in [0.15, 0.2) is 0 Å². The smallest absolute Gasteiger partial charge is 0.253 e. The molecule has 1 heterocycles. The lowest BCUT2D eigenvalue weighted by molar-refractivity contribution is -0.129. The summed E-state index contributed by atoms with van der Waals surface area (Å²) in [5.74, 6) is -0.0172. The molecule has 3 nitrogen and oxygen atoms in total. The first kappa shape index (κ1) is 14.1. The molecule has 1 aromatic carbocycles. The van der Waals surface area contributed by atoms with E-state index in [0.29, 0.717) is 6.61 Å². The van der Waals surface area contributed by atoms with Crippen LogP contribution in [0.5, 0.6) is 0 Å². The van der Waals surface area contributed by atoms with Gasteiger partial charge in [-0.2, -0.15) is 0 Å². The van der Waals surface area contributed by atoms with E-state index in [1.807, 2.05) is 18.2 Å². The van der Waals surface area contributed by atoms with E-state index in [1.165, 1.54) is 0 Å². The van der Waals surface area contributed by atoms with Crippen LogP contribution in [-0.2, 0) is 14.9 Å². The number of carbonyl (C=O) groups excluding carboxylic acids is 1. The lowest BCUT2D eigenvalue weighted by Gasteiger charge is -2.25. The summed E-state index contributed by atoms with van der Waals surface area (Å²) < 4.78 is 5.53. The Morgan fingerprint density at radius 2 is 2.00 bits per heavy atom. The Morgan fingerprint density at radius 1 is 1.26 bits per heavy atom. The van der Waals surface area contributed by atoms with E-state index in [1.54, 1.807) is 0 Å². The standard InChI is InChI=1S/C16H23NO2/c1-16(2,3)12-8-4-5-9-13(12)17-15(18)14-10-6-7-11-19-14/h4-5,8-9,14H,6-7,10-11H2,1-3H3,(H,17,18). The molecule has 0 aromatic heterocycles. The normalized spacial score (nSPS) is 20.1. The van der Waals surface area contributed by atoms with Crippen LogP contribution in [0.2, 0.25) is 0 Å². The summed E-state index contributed by atoms with van der Waals surface area (Å²) in [5.41, 5.74) is 2.06. The van der Waals surface area contributed by atoms with Crippen molar-refractivity contribution < 1.29 is 9.53 Å². The number of carbonyl (C=O) groups is 1. The third kappa shape index (κ3) is 3.57. The van der Waals surface area contributed by atoms with Gasteiger partial charge in [-0.05, 0) is 36.3 Å². The number of nitrogens with one attached hydrogen (secondary N) is 1. The predicted octanol–water partition coefficient (Wildman–Crippen LogP) is 3.49. The molecule has 2 rings (SSSR count). The van der Waals surface area contributed by atoms with Crippen molar-refractivity contribution >= 4 is 11.6 Å². The highest BCUT2D eigenvalue weighted by Crippen LogP contribution is 2.29. The molecule has 0 spiro atoms. The molecule has 0 radical (unpaired) electrons. The van der Waals surface area contributed by atoms with Crippen LogP contribution >= 0.6 is 0 Å². The van der Waals surface area contributed by atoms with Crippen LogP contribution in [0.4, 0.5) is 5.69 Å². The first-order valence-corrected chi connectivity index (χ1v) is 7.00. The third-order valence-electron chi connectivity index (χ3n) is 3.47. The van der Waals surface area contributed by atoms with Crippen LogP contribution in [0.15, 0.2) is 24.3 Å². The molecule has 1 unspecified atom stereocenters. The quantitative estimate of drug-likeness (QED) is 0.885. The van der Waals surface area contributed by atoms with E-state index < -0.39 is 0 Å². The van der Waals surface area contributed by atoms with Crippen LogP contribution in [0.25, 0.3) is 0 Å². The van der Waals surface area contributed by atoms with Crippen molar-refractivity contribution in [2.45, 2.75) is 51.6 Å². The van der Waals surface area contributed by atoms with Gasteiger partial charge in [0.1, 0.15) is 6.10 Å². The van der Waals surface area contributed by atoms with Crippen molar-refractivity contribution in [1.29, 1.82) is 0 Å². The first-order valence-electron chi connectivity index (χ1n) is 7.00. The summed E-state index contributed by atoms with van der Waals surface area (Å²) in [7, 11) is 0. The second-order valence-corrected chi connectivity index (χ2v) is 6.14. The zero-order chi connectivity index (χ0) is 13.9. The highest BCUT2D eigenvalue weighted by molar-refractivity contribution is 5.95. The zero-order valence-corrected chi connectivity index (χ0v) is 12.0. The fourth-order valence-electron chi connectivity index (χ4n) is 2.41. The molecule has 1 saturated heterocycles. The van der Waals surface area contributed by atoms with E-state index in [2.05, 4.69) is 32.2 Å². The molecule has 0 aliphatic carbocycles. The van der Waals surface area contributed by atoms with Crippen LogP contribution in [0, 0.1) is 0 Å². The second-order valence-electron chi connectivity index (χ2n) is 6.14. The molecular weight excluding hydrogens is 238 g/mol. The van der Waals surface area contributed by atoms with Gasteiger partial charge < -0.3 is 10.1 Å². The summed E-state index contributed by atoms with van der Waals surface area (Å²) in [5, 5.41) is 3.02. The Kier molecular flexibility index (Phi) is 4.25. The van der Waals surface area contributed by atoms with Crippen LogP contribution in [0.1, 0.15) is 45.6 Å². The minimum absolute atomic E-state index is 0.0112. The van der Waals surface area contributed by atoms with E-state index in [-0.39, 0.29) is 17.4 Å². The molecule has 0 bridgehead atoms. The van der Waals surface area contributed by atoms with Crippen molar-refractivity contribution in [3.05, 3.63) is 29.8 Å². The lowest BCUT2D eigenvalue weighted by Crippen LogP contribution is -2.33. The molecule has 104 valence electrons. The minimum Gasteiger partial charge on any atom is -0.368 e. The van der Waals surface area contributed by atoms with Gasteiger partial charge >= 0.3 is 0 Å². The van der Waals surface area contributed by atoms with Gasteiger partial charge in [-0.3, -0.25) is 4.79 Å². The number of ether oxygens (including phenoxy) is 1. The fourth-order valence-corrected chi connectivity index (χ4v) is 2.41. The number of amides is 1. The number of benzene rings is 1. The van der Waals surface area contributed by atoms with Gasteiger partial charge in [0.05, 0.1) is 0 Å². The minimum atomic E-state index is -0.290. The molecule has 1 amide bonds. The largest absolute Gasteiger partial charge is 0.368 e. The van der Waals surface area contributed by atoms with Gasteiger partial charge in [-0.15, -0.1) is 0 Å². The molecule has 1 N–H and O–H groups in total. The van der Waals surface area contributed by atoms with Crippen molar-refractivity contribution in [2.75, 3.05) is 11.9 Å². The van der Waals surface area contributed by atoms with Crippen molar-refractivity contribution in [2.24, 2.45) is 0 Å². The summed E-state index contributed by atoms with van der Waals surface area (Å²) in [6.45, 7) is 7.14. The summed E-state index contributed by atoms with van der Waals surface area (Å²) in [6.07, 6.45) is 2.66. The number of hydrogen-bond donors (Lipinski definition) is 1. The number of rotatable bonds is 2. The van der Waals surface area contributed by atoms with E-state index in [4.69, 9.17) is 4.74 Å². The zero-order valence-electron chi connectivity index (χ0n) is 12.0. The average Bonchev–Trinajstić information content (AvgIpc) is 2.39. The number of anilines is 1. The summed E-state index contributed by atoms with van der Waals surface area (Å²) in [4.78, 5) is 12.2. The SMILES string of the molecule is CC(C)(C)c1ccccc1NC(=O)C1CCCCO1. The maximum absolute atomic E-state index is 12.2. The van der Waals surface area contributed by atoms with Crippen LogP contribution in [0.3, 0.4) is 0 Å². The highest BCUT2D eigenvalue weighted by Gasteiger charge is 2.24. The third-order valence-corrected chi connectivity index (χ3v) is 3.47. The van der Waals surface area contributed by atoms with E-state index in [9.17, 15) is 4.79 Å². The van der Waals surface area contributed by atoms with Crippen molar-refractivity contribution in [3.8, 4) is 0 Å². The van der Waals surface area contributed by atoms with Gasteiger partial charge in [-0.1, -0.05) is 39.0 Å². The molecule has 3 heteroatoms. The molecule has 1 fully saturated rings. The fraction of sp³-hybridized carbons (Fsp3) is 0.562. The van der Waals surface area contributed by atoms with E-state index >= 15 is 0 Å². The molecule has 0 saturated carbocycles. The highest BCUT2D eigenvalue weighted by atomic mass is 16.5. The lowest BCUT2D eigenvalue weighted by atomic mass is 9.86. The topological polar surface area (TPSA) is 38.3 Å². The maximum Gasteiger partial charge on any atom is 0.253 e. The Labute approximate surface area is 115 Å². The molecule has 1 aliphatic rings. The van der Waals surface area contributed by atoms with Gasteiger partial charge in [-0.25, -0.2) is 0 Å². The van der Waals surface area contributed by atoms with Crippen LogP contribution < -0.4 is 5.32 Å². The summed E-state index contributed by atoms with van der Waals surface area (Å²) in [6, 6.07) is 7.98. The molecule has 1 atom stereocenters. The van der Waals surface area contributed by atoms with Gasteiger partial charge in [0.2, 0.25) is 0 Å². The summed E-state index contributed by atoms with van der Waals surface area (Å²) >= 11 is 0. The Balaban J connectivity index is 2.12. The maximum atomic E-state index is 12.2. The average molecular weight is 261 g/mol. The van der Waals surface area contributed by atoms with Crippen molar-refractivity contribution in [1.82, 2.24) is 0 Å². The Bertz CT molecular complexity index is 442. The predicted molar refractivity (Wildman–Crippen MR) is 77.4 cm³/mol. The molecule has 1 aromatic rings. The van der Waals surface area contributed by atoms with Crippen LogP contribution in [-0.4, -0.2) is 18.6 Å². The second kappa shape index (κ2) is 5.74. The Hall–Kier alpha value is -1.35. The number of para-hydroxylation sites is 1. The number of hydrogen-bond acceptors (Lipinski definition) is 2. The monoisotopic (exact) mass is 261 g/mol. The van der Waals surface area contributed by atoms with Crippen molar-refractivity contribution in [3.63, 3.8) is 0 Å². The molecule has 19 heavy (non-hydrogen) atoms. The van der Waals surface area contributed by atoms with E-state index in [0.717, 1.165) is 30.5 Å². The Morgan fingerprint density at radius 3 is 2.63 bits per heavy atom. The molecule has 1 aliphatic heterocycles. The first-order chi connectivity index (χ1) is 8.98. The van der Waals surface area contributed by atoms with Gasteiger partial charge in [0.25, 0.3) is 5.91 Å².